The van der Waals surface area contributed by atoms with Gasteiger partial charge in [0.2, 0.25) is 0 Å². The fourth-order valence-electron chi connectivity index (χ4n) is 3.50. The van der Waals surface area contributed by atoms with Gasteiger partial charge in [-0.15, -0.1) is 16.9 Å². The van der Waals surface area contributed by atoms with Gasteiger partial charge < -0.3 is 20.1 Å². The van der Waals surface area contributed by atoms with Gasteiger partial charge in [0.25, 0.3) is 5.91 Å². The Hall–Kier alpha value is -3.44. The summed E-state index contributed by atoms with van der Waals surface area (Å²) in [7, 11) is 0. The highest BCUT2D eigenvalue weighted by Crippen LogP contribution is 2.36. The number of carboxylic acids is 1. The topological polar surface area (TPSA) is 122 Å². The third-order valence-corrected chi connectivity index (χ3v) is 6.77. The fourth-order valence-corrected chi connectivity index (χ4v) is 5.02. The summed E-state index contributed by atoms with van der Waals surface area (Å²) < 4.78 is 9.22. The Labute approximate surface area is 210 Å². The number of nitrogens with one attached hydrogen (secondary N) is 1. The van der Waals surface area contributed by atoms with Crippen LogP contribution < -0.4 is 10.2 Å². The summed E-state index contributed by atoms with van der Waals surface area (Å²) in [4.78, 5) is 39.9. The van der Waals surface area contributed by atoms with Gasteiger partial charge in [0, 0.05) is 21.6 Å². The Morgan fingerprint density at radius 3 is 2.57 bits per heavy atom. The van der Waals surface area contributed by atoms with Crippen LogP contribution in [-0.2, 0) is 16.1 Å². The van der Waals surface area contributed by atoms with Crippen LogP contribution in [0.15, 0.2) is 52.7 Å². The van der Waals surface area contributed by atoms with Crippen molar-refractivity contribution in [2.45, 2.75) is 43.9 Å². The number of alkyl carbamates (subject to hydrolysis) is 1. The average Bonchev–Trinajstić information content (AvgIpc) is 3.30. The molecule has 11 heteroatoms. The maximum atomic E-state index is 13.6. The van der Waals surface area contributed by atoms with Crippen LogP contribution in [0.25, 0.3) is 11.3 Å². The smallest absolute Gasteiger partial charge is 0.408 e. The third-order valence-electron chi connectivity index (χ3n) is 5.11. The number of carbonyl (C=O) groups excluding carboxylic acids is 2. The van der Waals surface area contributed by atoms with Gasteiger partial charge in [0.15, 0.2) is 0 Å². The number of amides is 2. The molecule has 0 fully saturated rings. The number of nitrogens with zero attached hydrogens (tertiary/aromatic N) is 3. The highest BCUT2D eigenvalue weighted by Gasteiger charge is 2.33. The summed E-state index contributed by atoms with van der Waals surface area (Å²) in [5, 5.41) is 18.1. The number of aromatic nitrogens is 2. The van der Waals surface area contributed by atoms with Crippen LogP contribution >= 0.6 is 23.3 Å². The zero-order valence-electron chi connectivity index (χ0n) is 19.3. The molecule has 1 aliphatic heterocycles. The van der Waals surface area contributed by atoms with E-state index in [4.69, 9.17) is 4.74 Å². The molecule has 2 aromatic carbocycles. The van der Waals surface area contributed by atoms with Crippen molar-refractivity contribution in [3.05, 3.63) is 59.0 Å². The van der Waals surface area contributed by atoms with Gasteiger partial charge in [-0.25, -0.2) is 9.59 Å². The van der Waals surface area contributed by atoms with Crippen LogP contribution in [0.1, 0.15) is 36.7 Å². The van der Waals surface area contributed by atoms with E-state index in [1.54, 1.807) is 26.8 Å². The maximum absolute atomic E-state index is 13.6. The number of ether oxygens (including phenoxy) is 1. The van der Waals surface area contributed by atoms with Gasteiger partial charge in [-0.1, -0.05) is 28.8 Å². The monoisotopic (exact) mass is 512 g/mol. The molecule has 1 aromatic heterocycles. The summed E-state index contributed by atoms with van der Waals surface area (Å²) in [6, 6.07) is 11.4. The van der Waals surface area contributed by atoms with Crippen molar-refractivity contribution in [1.82, 2.24) is 14.9 Å². The van der Waals surface area contributed by atoms with E-state index in [0.29, 0.717) is 5.69 Å². The highest BCUT2D eigenvalue weighted by molar-refractivity contribution is 7.99. The van der Waals surface area contributed by atoms with Crippen LogP contribution in [-0.4, -0.2) is 50.1 Å². The molecule has 1 atom stereocenters. The first kappa shape index (κ1) is 24.7. The molecule has 35 heavy (non-hydrogen) atoms. The number of carboxylic acid groups (broad SMARTS) is 1. The molecule has 9 nitrogen and oxygen atoms in total. The Balaban J connectivity index is 1.65. The van der Waals surface area contributed by atoms with E-state index in [1.807, 2.05) is 29.6 Å². The van der Waals surface area contributed by atoms with Crippen molar-refractivity contribution in [1.29, 1.82) is 0 Å². The molecule has 0 aliphatic carbocycles. The zero-order valence-corrected chi connectivity index (χ0v) is 21.0. The molecule has 0 spiro atoms. The first-order chi connectivity index (χ1) is 16.6. The first-order valence-electron chi connectivity index (χ1n) is 10.8. The fraction of sp³-hybridized carbons (Fsp3) is 0.292. The van der Waals surface area contributed by atoms with Crippen molar-refractivity contribution in [3.63, 3.8) is 0 Å². The minimum atomic E-state index is -1.08. The van der Waals surface area contributed by atoms with E-state index in [0.717, 1.165) is 21.7 Å². The molecule has 2 N–H and O–H groups in total. The maximum Gasteiger partial charge on any atom is 0.408 e. The third kappa shape index (κ3) is 5.98. The lowest BCUT2D eigenvalue weighted by atomic mass is 10.1. The van der Waals surface area contributed by atoms with E-state index in [-0.39, 0.29) is 23.8 Å². The largest absolute Gasteiger partial charge is 0.478 e. The van der Waals surface area contributed by atoms with Gasteiger partial charge >= 0.3 is 12.1 Å². The number of hydrogen-bond donors (Lipinski definition) is 2. The molecule has 0 radical (unpaired) electrons. The SMILES string of the molecule is CC(C)(C)OC(=O)N[C@H]1CSc2ccc(C(=O)O)cc2N(Cc2ccc(-c3csnn3)cc2)C1=O. The predicted molar refractivity (Wildman–Crippen MR) is 134 cm³/mol. The lowest BCUT2D eigenvalue weighted by Gasteiger charge is -2.27. The molecular weight excluding hydrogens is 488 g/mol. The molecular formula is C24H24N4O5S2. The van der Waals surface area contributed by atoms with Crippen molar-refractivity contribution in [3.8, 4) is 11.3 Å². The summed E-state index contributed by atoms with van der Waals surface area (Å²) in [5.41, 5.74) is 2.35. The summed E-state index contributed by atoms with van der Waals surface area (Å²) >= 11 is 2.64. The lowest BCUT2D eigenvalue weighted by Crippen LogP contribution is -2.50. The average molecular weight is 513 g/mol. The number of fused-ring (bicyclic) bond motifs is 1. The molecule has 1 aliphatic rings. The Morgan fingerprint density at radius 1 is 1.20 bits per heavy atom. The normalized spacial score (nSPS) is 15.8. The van der Waals surface area contributed by atoms with Crippen molar-refractivity contribution >= 4 is 47.0 Å². The second-order valence-electron chi connectivity index (χ2n) is 8.91. The molecule has 0 bridgehead atoms. The second-order valence-corrected chi connectivity index (χ2v) is 10.6. The minimum absolute atomic E-state index is 0.0760. The first-order valence-corrected chi connectivity index (χ1v) is 12.6. The molecule has 0 saturated heterocycles. The van der Waals surface area contributed by atoms with Gasteiger partial charge in [-0.2, -0.15) is 0 Å². The minimum Gasteiger partial charge on any atom is -0.478 e. The molecule has 2 heterocycles. The quantitative estimate of drug-likeness (QED) is 0.515. The van der Waals surface area contributed by atoms with E-state index in [9.17, 15) is 19.5 Å². The van der Waals surface area contributed by atoms with E-state index < -0.39 is 23.7 Å². The number of rotatable bonds is 5. The Kier molecular flexibility index (Phi) is 7.08. The number of hydrogen-bond acceptors (Lipinski definition) is 8. The summed E-state index contributed by atoms with van der Waals surface area (Å²) in [6.07, 6.45) is -0.685. The highest BCUT2D eigenvalue weighted by atomic mass is 32.2. The van der Waals surface area contributed by atoms with E-state index >= 15 is 0 Å². The van der Waals surface area contributed by atoms with Crippen molar-refractivity contribution < 1.29 is 24.2 Å². The predicted octanol–water partition coefficient (Wildman–Crippen LogP) is 4.44. The van der Waals surface area contributed by atoms with E-state index in [1.165, 1.54) is 40.3 Å². The zero-order chi connectivity index (χ0) is 25.2. The standard InChI is InChI=1S/C24H24N4O5S2/c1-24(2,3)33-23(32)25-18-12-34-20-9-8-16(22(30)31)10-19(20)28(21(18)29)11-14-4-6-15(7-5-14)17-13-35-27-26-17/h4-10,13,18H,11-12H2,1-3H3,(H,25,32)(H,30,31)/t18-/m0/s1. The Bertz CT molecular complexity index is 1240. The molecule has 0 unspecified atom stereocenters. The number of aromatic carboxylic acids is 1. The number of carbonyl (C=O) groups is 3. The molecule has 2 amide bonds. The van der Waals surface area contributed by atoms with Crippen LogP contribution in [0.4, 0.5) is 10.5 Å². The number of benzene rings is 2. The van der Waals surface area contributed by atoms with Crippen LogP contribution in [0.2, 0.25) is 0 Å². The van der Waals surface area contributed by atoms with Gasteiger partial charge in [-0.05, 0) is 56.1 Å². The Morgan fingerprint density at radius 2 is 1.94 bits per heavy atom. The van der Waals surface area contributed by atoms with Crippen molar-refractivity contribution in [2.24, 2.45) is 0 Å². The number of anilines is 1. The lowest BCUT2D eigenvalue weighted by molar-refractivity contribution is -0.120. The van der Waals surface area contributed by atoms with Crippen LogP contribution in [0.3, 0.4) is 0 Å². The molecule has 0 saturated carbocycles. The summed E-state index contributed by atoms with van der Waals surface area (Å²) in [6.45, 7) is 5.43. The molecule has 182 valence electrons. The molecule has 3 aromatic rings. The van der Waals surface area contributed by atoms with Gasteiger partial charge in [-0.3, -0.25) is 4.79 Å². The van der Waals surface area contributed by atoms with Gasteiger partial charge in [0.05, 0.1) is 17.8 Å². The summed E-state index contributed by atoms with van der Waals surface area (Å²) in [5.74, 6) is -1.15. The second kappa shape index (κ2) is 10.0. The van der Waals surface area contributed by atoms with Crippen molar-refractivity contribution in [2.75, 3.05) is 10.7 Å². The van der Waals surface area contributed by atoms with E-state index in [2.05, 4.69) is 14.9 Å². The number of thioether (sulfide) groups is 1. The molecule has 4 rings (SSSR count). The van der Waals surface area contributed by atoms with Crippen LogP contribution in [0.5, 0.6) is 0 Å². The van der Waals surface area contributed by atoms with Crippen LogP contribution in [0, 0.1) is 0 Å². The van der Waals surface area contributed by atoms with Gasteiger partial charge in [0.1, 0.15) is 17.3 Å².